The van der Waals surface area contributed by atoms with Gasteiger partial charge in [-0.3, -0.25) is 9.36 Å². The second kappa shape index (κ2) is 12.4. The van der Waals surface area contributed by atoms with Gasteiger partial charge in [-0.25, -0.2) is 0 Å². The van der Waals surface area contributed by atoms with E-state index in [1.54, 1.807) is 11.8 Å². The first-order chi connectivity index (χ1) is 25.7. The maximum atomic E-state index is 15.5. The van der Waals surface area contributed by atoms with Gasteiger partial charge in [-0.2, -0.15) is 0 Å². The summed E-state index contributed by atoms with van der Waals surface area (Å²) in [6.45, 7) is 0. The summed E-state index contributed by atoms with van der Waals surface area (Å²) < 4.78 is 2.04. The van der Waals surface area contributed by atoms with Gasteiger partial charge in [-0.15, -0.1) is 0 Å². The molecule has 2 heterocycles. The molecule has 8 aromatic carbocycles. The molecule has 1 aliphatic rings. The molecule has 10 rings (SSSR count). The predicted molar refractivity (Wildman–Crippen MR) is 218 cm³/mol. The van der Waals surface area contributed by atoms with Crippen molar-refractivity contribution < 1.29 is 0 Å². The molecule has 0 saturated carbocycles. The molecular formula is C49H31NOS. The Morgan fingerprint density at radius 2 is 0.808 bits per heavy atom. The fourth-order valence-corrected chi connectivity index (χ4v) is 8.92. The van der Waals surface area contributed by atoms with E-state index in [1.807, 2.05) is 28.8 Å². The third kappa shape index (κ3) is 4.93. The second-order valence-electron chi connectivity index (χ2n) is 13.2. The van der Waals surface area contributed by atoms with Crippen LogP contribution >= 0.6 is 11.8 Å². The molecule has 0 aliphatic carbocycles. The summed E-state index contributed by atoms with van der Waals surface area (Å²) >= 11 is 1.79. The van der Waals surface area contributed by atoms with Crippen molar-refractivity contribution in [2.24, 2.45) is 0 Å². The van der Waals surface area contributed by atoms with Crippen LogP contribution < -0.4 is 5.56 Å². The Bertz CT molecular complexity index is 2880. The molecule has 0 radical (unpaired) electrons. The Labute approximate surface area is 306 Å². The van der Waals surface area contributed by atoms with Gasteiger partial charge in [0.25, 0.3) is 5.56 Å². The molecule has 0 N–H and O–H groups in total. The average molecular weight is 682 g/mol. The Kier molecular flexibility index (Phi) is 7.26. The van der Waals surface area contributed by atoms with E-state index in [0.717, 1.165) is 87.4 Å². The summed E-state index contributed by atoms with van der Waals surface area (Å²) in [6, 6.07) is 66.1. The zero-order valence-corrected chi connectivity index (χ0v) is 29.0. The van der Waals surface area contributed by atoms with Gasteiger partial charge in [-0.1, -0.05) is 157 Å². The summed E-state index contributed by atoms with van der Waals surface area (Å²) in [4.78, 5) is 17.7. The molecule has 0 bridgehead atoms. The van der Waals surface area contributed by atoms with Crippen molar-refractivity contribution in [3.05, 3.63) is 198 Å². The molecule has 0 spiro atoms. The van der Waals surface area contributed by atoms with Gasteiger partial charge in [0.1, 0.15) is 0 Å². The van der Waals surface area contributed by atoms with Crippen molar-refractivity contribution in [2.45, 2.75) is 9.79 Å². The maximum Gasteiger partial charge on any atom is 0.263 e. The van der Waals surface area contributed by atoms with Crippen molar-refractivity contribution in [2.75, 3.05) is 0 Å². The van der Waals surface area contributed by atoms with E-state index in [1.165, 1.54) is 0 Å². The predicted octanol–water partition coefficient (Wildman–Crippen LogP) is 12.9. The van der Waals surface area contributed by atoms with Crippen LogP contribution in [0.2, 0.25) is 0 Å². The fourth-order valence-electron chi connectivity index (χ4n) is 7.81. The van der Waals surface area contributed by atoms with Gasteiger partial charge >= 0.3 is 0 Å². The quantitative estimate of drug-likeness (QED) is 0.173. The monoisotopic (exact) mass is 681 g/mol. The Balaban J connectivity index is 1.49. The molecule has 0 fully saturated rings. The molecule has 0 atom stereocenters. The fraction of sp³-hybridized carbons (Fsp3) is 0. The normalized spacial score (nSPS) is 11.8. The van der Waals surface area contributed by atoms with E-state index in [9.17, 15) is 0 Å². The highest BCUT2D eigenvalue weighted by atomic mass is 32.2. The lowest BCUT2D eigenvalue weighted by Crippen LogP contribution is -2.22. The molecule has 2 nitrogen and oxygen atoms in total. The first kappa shape index (κ1) is 30.4. The van der Waals surface area contributed by atoms with Crippen molar-refractivity contribution >= 4 is 33.4 Å². The van der Waals surface area contributed by atoms with Crippen LogP contribution in [-0.4, -0.2) is 4.57 Å². The number of nitrogens with zero attached hydrogens (tertiary/aromatic N) is 1. The van der Waals surface area contributed by atoms with Gasteiger partial charge in [0.15, 0.2) is 0 Å². The molecule has 52 heavy (non-hydrogen) atoms. The van der Waals surface area contributed by atoms with E-state index < -0.39 is 0 Å². The molecule has 1 aliphatic heterocycles. The van der Waals surface area contributed by atoms with Crippen LogP contribution in [0.25, 0.3) is 83.0 Å². The van der Waals surface area contributed by atoms with Crippen LogP contribution in [0.5, 0.6) is 0 Å². The minimum absolute atomic E-state index is 0.0362. The summed E-state index contributed by atoms with van der Waals surface area (Å²) in [7, 11) is 0. The van der Waals surface area contributed by atoms with Gasteiger partial charge < -0.3 is 0 Å². The van der Waals surface area contributed by atoms with Gasteiger partial charge in [0.05, 0.1) is 11.2 Å². The molecule has 0 unspecified atom stereocenters. The molecular weight excluding hydrogens is 651 g/mol. The summed E-state index contributed by atoms with van der Waals surface area (Å²) in [5.74, 6) is 0. The number of aromatic nitrogens is 1. The van der Waals surface area contributed by atoms with Crippen molar-refractivity contribution in [3.63, 3.8) is 0 Å². The Morgan fingerprint density at radius 1 is 0.346 bits per heavy atom. The first-order valence-electron chi connectivity index (χ1n) is 17.6. The zero-order chi connectivity index (χ0) is 34.6. The number of hydrogen-bond donors (Lipinski definition) is 0. The minimum atomic E-state index is -0.0362. The van der Waals surface area contributed by atoms with Crippen LogP contribution in [0.1, 0.15) is 0 Å². The van der Waals surface area contributed by atoms with E-state index in [4.69, 9.17) is 0 Å². The topological polar surface area (TPSA) is 22.0 Å². The Morgan fingerprint density at radius 3 is 1.44 bits per heavy atom. The van der Waals surface area contributed by atoms with Crippen LogP contribution in [0.3, 0.4) is 0 Å². The lowest BCUT2D eigenvalue weighted by molar-refractivity contribution is 1.06. The van der Waals surface area contributed by atoms with Crippen LogP contribution in [-0.2, 0) is 0 Å². The lowest BCUT2D eigenvalue weighted by atomic mass is 9.89. The third-order valence-electron chi connectivity index (χ3n) is 10.2. The number of pyridine rings is 1. The van der Waals surface area contributed by atoms with Crippen molar-refractivity contribution in [3.8, 4) is 61.3 Å². The largest absolute Gasteiger partial charge is 0.274 e. The minimum Gasteiger partial charge on any atom is -0.274 e. The summed E-state index contributed by atoms with van der Waals surface area (Å²) in [6.07, 6.45) is 0. The number of hydrogen-bond acceptors (Lipinski definition) is 2. The highest BCUT2D eigenvalue weighted by Crippen LogP contribution is 2.49. The SMILES string of the molecule is O=c1c2ccccc2c2cc(-c3ccccc3)cc3c2n1-c1c(-c2ccccc2)cc(-c2ccccc2)cc1-c1ccccc1Sc1ccccc1-3. The molecule has 244 valence electrons. The lowest BCUT2D eigenvalue weighted by Gasteiger charge is -2.26. The summed E-state index contributed by atoms with van der Waals surface area (Å²) in [5, 5.41) is 2.68. The number of rotatable bonds is 3. The van der Waals surface area contributed by atoms with E-state index in [-0.39, 0.29) is 5.56 Å². The first-order valence-corrected chi connectivity index (χ1v) is 18.4. The number of benzene rings is 8. The average Bonchev–Trinajstić information content (AvgIpc) is 3.22. The Hall–Kier alpha value is -6.42. The second-order valence-corrected chi connectivity index (χ2v) is 14.3. The van der Waals surface area contributed by atoms with E-state index >= 15 is 4.79 Å². The smallest absolute Gasteiger partial charge is 0.263 e. The highest BCUT2D eigenvalue weighted by Gasteiger charge is 2.27. The van der Waals surface area contributed by atoms with Gasteiger partial charge in [0, 0.05) is 37.3 Å². The summed E-state index contributed by atoms with van der Waals surface area (Å²) in [5.41, 5.74) is 12.5. The molecule has 0 saturated heterocycles. The van der Waals surface area contributed by atoms with Crippen LogP contribution in [0.4, 0.5) is 0 Å². The van der Waals surface area contributed by atoms with Gasteiger partial charge in [0.2, 0.25) is 0 Å². The van der Waals surface area contributed by atoms with Crippen LogP contribution in [0.15, 0.2) is 203 Å². The van der Waals surface area contributed by atoms with Crippen molar-refractivity contribution in [1.29, 1.82) is 0 Å². The van der Waals surface area contributed by atoms with Crippen LogP contribution in [0, 0.1) is 0 Å². The van der Waals surface area contributed by atoms with Crippen molar-refractivity contribution in [1.82, 2.24) is 4.57 Å². The molecule has 1 aromatic heterocycles. The van der Waals surface area contributed by atoms with E-state index in [0.29, 0.717) is 5.39 Å². The maximum absolute atomic E-state index is 15.5. The number of fused-ring (bicyclic) bond motifs is 8. The molecule has 3 heteroatoms. The standard InChI is InChI=1S/C49H31NOS/c51-49-40-25-11-10-22-37(40)42-29-36(33-18-6-2-7-19-33)31-44-39-24-13-15-27-46(39)52-45-26-14-12-23-38(45)43-30-35(32-16-4-1-5-17-32)28-41(34-20-8-3-9-21-34)47(43)50(49)48(42)44/h1-31H. The molecule has 0 amide bonds. The van der Waals surface area contributed by atoms with E-state index in [2.05, 4.69) is 164 Å². The van der Waals surface area contributed by atoms with Gasteiger partial charge in [-0.05, 0) is 86.8 Å². The zero-order valence-electron chi connectivity index (χ0n) is 28.2. The third-order valence-corrected chi connectivity index (χ3v) is 11.3. The highest BCUT2D eigenvalue weighted by molar-refractivity contribution is 7.99. The molecule has 9 aromatic rings.